The Hall–Kier alpha value is 0.0700. The van der Waals surface area contributed by atoms with Crippen molar-refractivity contribution < 1.29 is 9.53 Å². The number of hydrogen-bond acceptors (Lipinski definition) is 4. The summed E-state index contributed by atoms with van der Waals surface area (Å²) in [6.07, 6.45) is 2.66. The van der Waals surface area contributed by atoms with Gasteiger partial charge in [0, 0.05) is 0 Å². The summed E-state index contributed by atoms with van der Waals surface area (Å²) in [5.74, 6) is 0.574. The number of thioether (sulfide) groups is 1. The lowest BCUT2D eigenvalue weighted by Gasteiger charge is -2.06. The summed E-state index contributed by atoms with van der Waals surface area (Å²) in [7, 11) is 1.35. The summed E-state index contributed by atoms with van der Waals surface area (Å²) in [4.78, 5) is 10.7. The van der Waals surface area contributed by atoms with Crippen LogP contribution in [-0.2, 0) is 9.53 Å². The molecule has 0 aliphatic carbocycles. The highest BCUT2D eigenvalue weighted by Gasteiger charge is 2.11. The highest BCUT2D eigenvalue weighted by Crippen LogP contribution is 1.99. The van der Waals surface area contributed by atoms with E-state index in [1.54, 1.807) is 11.8 Å². The second kappa shape index (κ2) is 8.17. The summed E-state index contributed by atoms with van der Waals surface area (Å²) in [5.41, 5.74) is 5.43. The van der Waals surface area contributed by atoms with Gasteiger partial charge in [-0.25, -0.2) is 0 Å². The number of methoxy groups -OCH3 is 1. The Morgan fingerprint density at radius 2 is 2.27 bits per heavy atom. The predicted octanol–water partition coefficient (Wildman–Crippen LogP) is 0.662. The standard InChI is InChI=1S/C6H13NO2S.ClH/c1-9-6(8)5(7)3-4-10-2;/h5H,3-4,7H2,1-2H3;1H/t5-;/m1./s1. The molecule has 0 rings (SSSR count). The topological polar surface area (TPSA) is 52.3 Å². The molecule has 0 saturated heterocycles. The van der Waals surface area contributed by atoms with Gasteiger partial charge in [-0.15, -0.1) is 12.4 Å². The lowest BCUT2D eigenvalue weighted by molar-refractivity contribution is -0.142. The monoisotopic (exact) mass is 199 g/mol. The van der Waals surface area contributed by atoms with Crippen LogP contribution in [0.1, 0.15) is 6.42 Å². The fraction of sp³-hybridized carbons (Fsp3) is 0.833. The van der Waals surface area contributed by atoms with Crippen molar-refractivity contribution in [2.45, 2.75) is 12.5 Å². The minimum absolute atomic E-state index is 0. The Labute approximate surface area is 77.5 Å². The van der Waals surface area contributed by atoms with E-state index in [-0.39, 0.29) is 18.4 Å². The molecule has 0 bridgehead atoms. The van der Waals surface area contributed by atoms with Gasteiger partial charge in [-0.2, -0.15) is 11.8 Å². The molecule has 0 heterocycles. The molecule has 0 radical (unpaired) electrons. The summed E-state index contributed by atoms with van der Waals surface area (Å²) in [5, 5.41) is 0. The van der Waals surface area contributed by atoms with E-state index >= 15 is 0 Å². The highest BCUT2D eigenvalue weighted by molar-refractivity contribution is 7.98. The van der Waals surface area contributed by atoms with Crippen molar-refractivity contribution >= 4 is 30.1 Å². The fourth-order valence-corrected chi connectivity index (χ4v) is 1.00. The van der Waals surface area contributed by atoms with Gasteiger partial charge in [0.15, 0.2) is 0 Å². The number of nitrogens with two attached hydrogens (primary N) is 1. The molecule has 0 unspecified atom stereocenters. The first-order valence-electron chi connectivity index (χ1n) is 3.04. The number of carbonyl (C=O) groups excluding carboxylic acids is 1. The second-order valence-electron chi connectivity index (χ2n) is 1.91. The average molecular weight is 200 g/mol. The maximum Gasteiger partial charge on any atom is 0.322 e. The molecule has 0 aliphatic rings. The maximum absolute atomic E-state index is 10.7. The van der Waals surface area contributed by atoms with Crippen LogP contribution in [0.3, 0.4) is 0 Å². The van der Waals surface area contributed by atoms with E-state index in [1.807, 2.05) is 6.26 Å². The van der Waals surface area contributed by atoms with Crippen molar-refractivity contribution in [1.82, 2.24) is 0 Å². The molecule has 0 saturated carbocycles. The van der Waals surface area contributed by atoms with Gasteiger partial charge >= 0.3 is 5.97 Å². The van der Waals surface area contributed by atoms with Gasteiger partial charge < -0.3 is 10.5 Å². The lowest BCUT2D eigenvalue weighted by atomic mass is 10.2. The number of halogens is 1. The SMILES string of the molecule is COC(=O)[C@H](N)CCSC.Cl. The first kappa shape index (κ1) is 13.6. The summed E-state index contributed by atoms with van der Waals surface area (Å²) >= 11 is 1.67. The molecule has 2 N–H and O–H groups in total. The van der Waals surface area contributed by atoms with Crippen LogP contribution in [0, 0.1) is 0 Å². The van der Waals surface area contributed by atoms with Crippen LogP contribution in [0.4, 0.5) is 0 Å². The molecule has 5 heteroatoms. The first-order valence-corrected chi connectivity index (χ1v) is 4.44. The number of esters is 1. The first-order chi connectivity index (χ1) is 4.72. The van der Waals surface area contributed by atoms with Crippen molar-refractivity contribution in [3.8, 4) is 0 Å². The molecule has 0 aromatic carbocycles. The van der Waals surface area contributed by atoms with Gasteiger partial charge in [0.25, 0.3) is 0 Å². The molecule has 1 atom stereocenters. The van der Waals surface area contributed by atoms with Crippen LogP contribution in [0.25, 0.3) is 0 Å². The van der Waals surface area contributed by atoms with Gasteiger partial charge in [-0.1, -0.05) is 0 Å². The van der Waals surface area contributed by atoms with Crippen molar-refractivity contribution in [2.75, 3.05) is 19.1 Å². The molecule has 0 aromatic heterocycles. The quantitative estimate of drug-likeness (QED) is 0.676. The fourth-order valence-electron chi connectivity index (χ4n) is 0.514. The smallest absolute Gasteiger partial charge is 0.322 e. The van der Waals surface area contributed by atoms with Gasteiger partial charge in [0.1, 0.15) is 6.04 Å². The molecule has 0 spiro atoms. The van der Waals surface area contributed by atoms with Gasteiger partial charge in [0.2, 0.25) is 0 Å². The zero-order chi connectivity index (χ0) is 7.98. The van der Waals surface area contributed by atoms with Crippen LogP contribution in [0.2, 0.25) is 0 Å². The van der Waals surface area contributed by atoms with E-state index in [0.717, 1.165) is 5.75 Å². The van der Waals surface area contributed by atoms with E-state index in [9.17, 15) is 4.79 Å². The van der Waals surface area contributed by atoms with E-state index in [4.69, 9.17) is 5.73 Å². The van der Waals surface area contributed by atoms with E-state index in [2.05, 4.69) is 4.74 Å². The third kappa shape index (κ3) is 6.47. The molecular formula is C6H14ClNO2S. The summed E-state index contributed by atoms with van der Waals surface area (Å²) in [6.45, 7) is 0. The van der Waals surface area contributed by atoms with Crippen LogP contribution < -0.4 is 5.73 Å². The molecular weight excluding hydrogens is 186 g/mol. The Balaban J connectivity index is 0. The van der Waals surface area contributed by atoms with Crippen LogP contribution in [0.5, 0.6) is 0 Å². The molecule has 0 aliphatic heterocycles. The van der Waals surface area contributed by atoms with E-state index in [0.29, 0.717) is 6.42 Å². The van der Waals surface area contributed by atoms with E-state index < -0.39 is 6.04 Å². The van der Waals surface area contributed by atoms with Crippen molar-refractivity contribution in [2.24, 2.45) is 5.73 Å². The summed E-state index contributed by atoms with van der Waals surface area (Å²) in [6, 6.07) is -0.447. The zero-order valence-electron chi connectivity index (χ0n) is 6.70. The average Bonchev–Trinajstić information content (AvgIpc) is 1.98. The molecule has 0 aromatic rings. The number of ether oxygens (including phenoxy) is 1. The highest BCUT2D eigenvalue weighted by atomic mass is 35.5. The van der Waals surface area contributed by atoms with Crippen molar-refractivity contribution in [1.29, 1.82) is 0 Å². The Kier molecular flexibility index (Phi) is 10.1. The Morgan fingerprint density at radius 3 is 2.64 bits per heavy atom. The third-order valence-electron chi connectivity index (χ3n) is 1.14. The van der Waals surface area contributed by atoms with Crippen LogP contribution in [-0.4, -0.2) is 31.1 Å². The largest absolute Gasteiger partial charge is 0.468 e. The molecule has 3 nitrogen and oxygen atoms in total. The Bertz CT molecular complexity index is 113. The van der Waals surface area contributed by atoms with Gasteiger partial charge in [-0.3, -0.25) is 4.79 Å². The minimum atomic E-state index is -0.447. The van der Waals surface area contributed by atoms with E-state index in [1.165, 1.54) is 7.11 Å². The van der Waals surface area contributed by atoms with Crippen LogP contribution >= 0.6 is 24.2 Å². The molecule has 0 amide bonds. The normalized spacial score (nSPS) is 11.5. The predicted molar refractivity (Wildman–Crippen MR) is 50.2 cm³/mol. The molecule has 0 fully saturated rings. The van der Waals surface area contributed by atoms with Crippen molar-refractivity contribution in [3.05, 3.63) is 0 Å². The number of rotatable bonds is 4. The Morgan fingerprint density at radius 1 is 1.73 bits per heavy atom. The van der Waals surface area contributed by atoms with Crippen molar-refractivity contribution in [3.63, 3.8) is 0 Å². The second-order valence-corrected chi connectivity index (χ2v) is 2.90. The molecule has 68 valence electrons. The van der Waals surface area contributed by atoms with Gasteiger partial charge in [-0.05, 0) is 18.4 Å². The number of hydrogen-bond donors (Lipinski definition) is 1. The third-order valence-corrected chi connectivity index (χ3v) is 1.78. The summed E-state index contributed by atoms with van der Waals surface area (Å²) < 4.78 is 4.44. The maximum atomic E-state index is 10.7. The van der Waals surface area contributed by atoms with Gasteiger partial charge in [0.05, 0.1) is 7.11 Å². The number of carbonyl (C=O) groups is 1. The van der Waals surface area contributed by atoms with Crippen LogP contribution in [0.15, 0.2) is 0 Å². The lowest BCUT2D eigenvalue weighted by Crippen LogP contribution is -2.31. The molecule has 11 heavy (non-hydrogen) atoms. The minimum Gasteiger partial charge on any atom is -0.468 e. The zero-order valence-corrected chi connectivity index (χ0v) is 8.33.